The summed E-state index contributed by atoms with van der Waals surface area (Å²) in [5, 5.41) is 10.5. The summed E-state index contributed by atoms with van der Waals surface area (Å²) in [6.07, 6.45) is 1.36. The van der Waals surface area contributed by atoms with Crippen LogP contribution in [-0.4, -0.2) is 31.1 Å². The third-order valence-electron chi connectivity index (χ3n) is 3.65. The number of aliphatic hydroxyl groups is 1. The Hall–Kier alpha value is -2.79. The van der Waals surface area contributed by atoms with Crippen LogP contribution in [0.15, 0.2) is 54.6 Å². The number of fused-ring (bicyclic) bond motifs is 1. The van der Waals surface area contributed by atoms with Gasteiger partial charge in [0.05, 0.1) is 14.2 Å². The predicted octanol–water partition coefficient (Wildman–Crippen LogP) is 2.38. The van der Waals surface area contributed by atoms with Crippen LogP contribution in [0.5, 0.6) is 11.5 Å². The van der Waals surface area contributed by atoms with E-state index in [2.05, 4.69) is 4.74 Å². The molecule has 3 rings (SSSR count). The molecule has 1 atom stereocenters. The number of hydrogen-bond donors (Lipinski definition) is 1. The minimum Gasteiger partial charge on any atom is -0.497 e. The molecule has 23 heavy (non-hydrogen) atoms. The summed E-state index contributed by atoms with van der Waals surface area (Å²) >= 11 is 0. The van der Waals surface area contributed by atoms with Gasteiger partial charge in [-0.15, -0.1) is 0 Å². The Balaban J connectivity index is 2.20. The van der Waals surface area contributed by atoms with Gasteiger partial charge in [-0.1, -0.05) is 30.3 Å². The molecule has 0 saturated carbocycles. The van der Waals surface area contributed by atoms with Gasteiger partial charge >= 0.3 is 11.8 Å². The maximum Gasteiger partial charge on any atom is 0.383 e. The van der Waals surface area contributed by atoms with Crippen LogP contribution >= 0.6 is 0 Å². The SMILES string of the molecule is COC(=O)C1(O)C=C(c2ccccc2)c2cc(OC)ccc2O1. The number of benzene rings is 2. The molecule has 0 spiro atoms. The minimum absolute atomic E-state index is 0.375. The first-order valence-corrected chi connectivity index (χ1v) is 7.04. The van der Waals surface area contributed by atoms with Crippen LogP contribution in [0.3, 0.4) is 0 Å². The Morgan fingerprint density at radius 2 is 1.87 bits per heavy atom. The number of ether oxygens (including phenoxy) is 3. The van der Waals surface area contributed by atoms with Crippen LogP contribution in [0, 0.1) is 0 Å². The summed E-state index contributed by atoms with van der Waals surface area (Å²) in [4.78, 5) is 11.9. The van der Waals surface area contributed by atoms with E-state index in [9.17, 15) is 9.90 Å². The number of carbonyl (C=O) groups excluding carboxylic acids is 1. The molecular weight excluding hydrogens is 296 g/mol. The van der Waals surface area contributed by atoms with Gasteiger partial charge in [0.1, 0.15) is 11.5 Å². The molecule has 0 aliphatic carbocycles. The van der Waals surface area contributed by atoms with E-state index >= 15 is 0 Å². The highest BCUT2D eigenvalue weighted by molar-refractivity contribution is 5.91. The highest BCUT2D eigenvalue weighted by atomic mass is 16.7. The molecule has 1 aliphatic heterocycles. The van der Waals surface area contributed by atoms with Crippen molar-refractivity contribution in [1.82, 2.24) is 0 Å². The summed E-state index contributed by atoms with van der Waals surface area (Å²) < 4.78 is 15.4. The van der Waals surface area contributed by atoms with Gasteiger partial charge < -0.3 is 19.3 Å². The van der Waals surface area contributed by atoms with Gasteiger partial charge in [-0.25, -0.2) is 4.79 Å². The van der Waals surface area contributed by atoms with Crippen LogP contribution in [0.2, 0.25) is 0 Å². The molecule has 2 aromatic carbocycles. The molecule has 1 unspecified atom stereocenters. The molecule has 5 nitrogen and oxygen atoms in total. The van der Waals surface area contributed by atoms with Crippen molar-refractivity contribution in [2.45, 2.75) is 5.79 Å². The molecule has 1 heterocycles. The molecule has 0 bridgehead atoms. The van der Waals surface area contributed by atoms with Crippen LogP contribution in [0.25, 0.3) is 5.57 Å². The largest absolute Gasteiger partial charge is 0.497 e. The molecule has 1 aliphatic rings. The van der Waals surface area contributed by atoms with Crippen molar-refractivity contribution in [3.8, 4) is 11.5 Å². The zero-order valence-corrected chi connectivity index (χ0v) is 12.8. The summed E-state index contributed by atoms with van der Waals surface area (Å²) in [5.74, 6) is -2.02. The van der Waals surface area contributed by atoms with E-state index in [1.54, 1.807) is 25.3 Å². The second-order valence-corrected chi connectivity index (χ2v) is 5.08. The Morgan fingerprint density at radius 1 is 1.13 bits per heavy atom. The van der Waals surface area contributed by atoms with Crippen molar-refractivity contribution in [3.63, 3.8) is 0 Å². The van der Waals surface area contributed by atoms with E-state index in [4.69, 9.17) is 9.47 Å². The maximum atomic E-state index is 11.9. The summed E-state index contributed by atoms with van der Waals surface area (Å²) in [6.45, 7) is 0. The normalized spacial score (nSPS) is 19.2. The van der Waals surface area contributed by atoms with Gasteiger partial charge in [0.15, 0.2) is 0 Å². The monoisotopic (exact) mass is 312 g/mol. The van der Waals surface area contributed by atoms with E-state index in [1.165, 1.54) is 13.2 Å². The zero-order valence-electron chi connectivity index (χ0n) is 12.8. The minimum atomic E-state index is -2.17. The Bertz CT molecular complexity index is 766. The number of hydrogen-bond acceptors (Lipinski definition) is 5. The average Bonchev–Trinajstić information content (AvgIpc) is 2.60. The van der Waals surface area contributed by atoms with Crippen molar-refractivity contribution in [3.05, 3.63) is 65.7 Å². The second-order valence-electron chi connectivity index (χ2n) is 5.08. The second kappa shape index (κ2) is 5.78. The first-order chi connectivity index (χ1) is 11.1. The number of carbonyl (C=O) groups is 1. The molecule has 0 radical (unpaired) electrons. The quantitative estimate of drug-likeness (QED) is 0.882. The first kappa shape index (κ1) is 15.1. The molecule has 118 valence electrons. The molecule has 0 aromatic heterocycles. The van der Waals surface area contributed by atoms with Crippen molar-refractivity contribution < 1.29 is 24.1 Å². The Morgan fingerprint density at radius 3 is 2.52 bits per heavy atom. The standard InChI is InChI=1S/C18H16O5/c1-21-13-8-9-16-14(10-13)15(12-6-4-3-5-7-12)11-18(20,23-16)17(19)22-2/h3-11,20H,1-2H3. The summed E-state index contributed by atoms with van der Waals surface area (Å²) in [6, 6.07) is 14.6. The fraction of sp³-hybridized carbons (Fsp3) is 0.167. The van der Waals surface area contributed by atoms with Gasteiger partial charge in [-0.05, 0) is 29.3 Å². The molecule has 1 N–H and O–H groups in total. The highest BCUT2D eigenvalue weighted by Gasteiger charge is 2.42. The van der Waals surface area contributed by atoms with Crippen LogP contribution < -0.4 is 9.47 Å². The molecule has 0 fully saturated rings. The third-order valence-corrected chi connectivity index (χ3v) is 3.65. The molecule has 5 heteroatoms. The highest BCUT2D eigenvalue weighted by Crippen LogP contribution is 2.40. The number of methoxy groups -OCH3 is 2. The van der Waals surface area contributed by atoms with Crippen LogP contribution in [0.4, 0.5) is 0 Å². The van der Waals surface area contributed by atoms with Crippen molar-refractivity contribution in [2.24, 2.45) is 0 Å². The molecule has 0 amide bonds. The number of rotatable bonds is 3. The van der Waals surface area contributed by atoms with Crippen molar-refractivity contribution in [1.29, 1.82) is 0 Å². The van der Waals surface area contributed by atoms with Crippen molar-refractivity contribution in [2.75, 3.05) is 14.2 Å². The Kier molecular flexibility index (Phi) is 3.80. The van der Waals surface area contributed by atoms with E-state index in [0.29, 0.717) is 17.1 Å². The maximum absolute atomic E-state index is 11.9. The van der Waals surface area contributed by atoms with Crippen LogP contribution in [-0.2, 0) is 9.53 Å². The lowest BCUT2D eigenvalue weighted by molar-refractivity contribution is -0.183. The smallest absolute Gasteiger partial charge is 0.383 e. The average molecular weight is 312 g/mol. The lowest BCUT2D eigenvalue weighted by Gasteiger charge is -2.30. The fourth-order valence-electron chi connectivity index (χ4n) is 2.51. The van der Waals surface area contributed by atoms with E-state index < -0.39 is 11.8 Å². The van der Waals surface area contributed by atoms with Gasteiger partial charge in [-0.3, -0.25) is 0 Å². The van der Waals surface area contributed by atoms with Gasteiger partial charge in [0.25, 0.3) is 0 Å². The van der Waals surface area contributed by atoms with Crippen molar-refractivity contribution >= 4 is 11.5 Å². The lowest BCUT2D eigenvalue weighted by atomic mass is 9.92. The predicted molar refractivity (Wildman–Crippen MR) is 84.1 cm³/mol. The third kappa shape index (κ3) is 2.66. The first-order valence-electron chi connectivity index (χ1n) is 7.04. The molecule has 0 saturated heterocycles. The van der Waals surface area contributed by atoms with Gasteiger partial charge in [0.2, 0.25) is 0 Å². The van der Waals surface area contributed by atoms with Crippen LogP contribution in [0.1, 0.15) is 11.1 Å². The summed E-state index contributed by atoms with van der Waals surface area (Å²) in [5.41, 5.74) is 2.23. The molecular formula is C18H16O5. The van der Waals surface area contributed by atoms with E-state index in [1.807, 2.05) is 30.3 Å². The fourth-order valence-corrected chi connectivity index (χ4v) is 2.51. The number of esters is 1. The molecule has 2 aromatic rings. The topological polar surface area (TPSA) is 65.0 Å². The Labute approximate surface area is 133 Å². The zero-order chi connectivity index (χ0) is 16.4. The van der Waals surface area contributed by atoms with E-state index in [-0.39, 0.29) is 0 Å². The lowest BCUT2D eigenvalue weighted by Crippen LogP contribution is -2.45. The van der Waals surface area contributed by atoms with Gasteiger partial charge in [0, 0.05) is 11.6 Å². The van der Waals surface area contributed by atoms with E-state index in [0.717, 1.165) is 11.1 Å². The summed E-state index contributed by atoms with van der Waals surface area (Å²) in [7, 11) is 2.77. The van der Waals surface area contributed by atoms with Gasteiger partial charge in [-0.2, -0.15) is 0 Å².